The molecule has 1 aromatic rings. The summed E-state index contributed by atoms with van der Waals surface area (Å²) in [6.45, 7) is 3.80. The lowest BCUT2D eigenvalue weighted by Crippen LogP contribution is -2.58. The Morgan fingerprint density at radius 3 is 2.92 bits per heavy atom. The van der Waals surface area contributed by atoms with Gasteiger partial charge in [0, 0.05) is 38.3 Å². The van der Waals surface area contributed by atoms with Crippen LogP contribution in [0.1, 0.15) is 31.7 Å². The van der Waals surface area contributed by atoms with Crippen molar-refractivity contribution in [3.05, 3.63) is 29.8 Å². The van der Waals surface area contributed by atoms with Crippen LogP contribution in [0.2, 0.25) is 0 Å². The molecule has 3 rings (SSSR count). The van der Waals surface area contributed by atoms with Crippen molar-refractivity contribution in [2.24, 2.45) is 0 Å². The van der Waals surface area contributed by atoms with Crippen molar-refractivity contribution in [1.29, 1.82) is 0 Å². The van der Waals surface area contributed by atoms with Crippen LogP contribution < -0.4 is 15.5 Å². The molecule has 1 aromatic carbocycles. The van der Waals surface area contributed by atoms with Gasteiger partial charge in [0.1, 0.15) is 6.04 Å². The molecule has 2 N–H and O–H groups in total. The maximum atomic E-state index is 12.3. The number of piperazine rings is 1. The Balaban J connectivity index is 1.61. The van der Waals surface area contributed by atoms with Crippen LogP contribution in [0.4, 0.5) is 10.5 Å². The number of carbonyl (C=O) groups excluding carboxylic acids is 3. The van der Waals surface area contributed by atoms with Gasteiger partial charge in [-0.2, -0.15) is 0 Å². The van der Waals surface area contributed by atoms with E-state index in [9.17, 15) is 14.4 Å². The lowest BCUT2D eigenvalue weighted by atomic mass is 10.1. The standard InChI is InChI=1S/C18H24N4O3/c1-13-17(24)19-8-10-21(13)18(25)20-12-14-5-4-6-15(11-14)22-9-3-2-7-16(22)23/h4-6,11,13H,2-3,7-10,12H2,1H3,(H,19,24)(H,20,25)/t13-/m0/s1. The van der Waals surface area contributed by atoms with E-state index in [0.717, 1.165) is 30.6 Å². The van der Waals surface area contributed by atoms with Crippen molar-refractivity contribution in [1.82, 2.24) is 15.5 Å². The maximum Gasteiger partial charge on any atom is 0.318 e. The zero-order chi connectivity index (χ0) is 17.8. The van der Waals surface area contributed by atoms with Gasteiger partial charge in [-0.3, -0.25) is 9.59 Å². The number of nitrogens with one attached hydrogen (secondary N) is 2. The van der Waals surface area contributed by atoms with Gasteiger partial charge in [-0.25, -0.2) is 4.79 Å². The average Bonchev–Trinajstić information content (AvgIpc) is 2.62. The van der Waals surface area contributed by atoms with E-state index >= 15 is 0 Å². The molecule has 2 aliphatic rings. The van der Waals surface area contributed by atoms with E-state index < -0.39 is 6.04 Å². The van der Waals surface area contributed by atoms with Crippen molar-refractivity contribution in [2.75, 3.05) is 24.5 Å². The van der Waals surface area contributed by atoms with Crippen LogP contribution >= 0.6 is 0 Å². The molecule has 4 amide bonds. The Labute approximate surface area is 147 Å². The highest BCUT2D eigenvalue weighted by atomic mass is 16.2. The second kappa shape index (κ2) is 7.55. The number of hydrogen-bond acceptors (Lipinski definition) is 3. The van der Waals surface area contributed by atoms with Crippen LogP contribution in [0.5, 0.6) is 0 Å². The molecular weight excluding hydrogens is 320 g/mol. The van der Waals surface area contributed by atoms with Crippen molar-refractivity contribution < 1.29 is 14.4 Å². The second-order valence-electron chi connectivity index (χ2n) is 6.49. The molecule has 25 heavy (non-hydrogen) atoms. The molecule has 0 radical (unpaired) electrons. The van der Waals surface area contributed by atoms with Crippen LogP contribution in [-0.2, 0) is 16.1 Å². The molecule has 0 aliphatic carbocycles. The van der Waals surface area contributed by atoms with Crippen molar-refractivity contribution in [2.45, 2.75) is 38.8 Å². The Morgan fingerprint density at radius 1 is 1.28 bits per heavy atom. The maximum absolute atomic E-state index is 12.3. The number of hydrogen-bond donors (Lipinski definition) is 2. The third kappa shape index (κ3) is 3.92. The van der Waals surface area contributed by atoms with E-state index in [1.165, 1.54) is 4.90 Å². The first-order chi connectivity index (χ1) is 12.1. The lowest BCUT2D eigenvalue weighted by molar-refractivity contribution is -0.127. The van der Waals surface area contributed by atoms with E-state index in [4.69, 9.17) is 0 Å². The fraction of sp³-hybridized carbons (Fsp3) is 0.500. The van der Waals surface area contributed by atoms with Gasteiger partial charge in [-0.1, -0.05) is 12.1 Å². The predicted molar refractivity (Wildman–Crippen MR) is 94.1 cm³/mol. The van der Waals surface area contributed by atoms with E-state index in [1.807, 2.05) is 29.2 Å². The summed E-state index contributed by atoms with van der Waals surface area (Å²) in [4.78, 5) is 39.4. The Morgan fingerprint density at radius 2 is 2.12 bits per heavy atom. The number of urea groups is 1. The highest BCUT2D eigenvalue weighted by molar-refractivity contribution is 5.94. The summed E-state index contributed by atoms with van der Waals surface area (Å²) in [5.74, 6) is 0.0209. The molecular formula is C18H24N4O3. The van der Waals surface area contributed by atoms with Gasteiger partial charge in [0.2, 0.25) is 11.8 Å². The number of carbonyl (C=O) groups is 3. The van der Waals surface area contributed by atoms with Gasteiger partial charge in [0.05, 0.1) is 0 Å². The van der Waals surface area contributed by atoms with Gasteiger partial charge in [0.25, 0.3) is 0 Å². The normalized spacial score (nSPS) is 21.1. The zero-order valence-corrected chi connectivity index (χ0v) is 14.5. The molecule has 2 fully saturated rings. The topological polar surface area (TPSA) is 81.8 Å². The third-order valence-corrected chi connectivity index (χ3v) is 4.75. The Hall–Kier alpha value is -2.57. The predicted octanol–water partition coefficient (Wildman–Crippen LogP) is 1.23. The van der Waals surface area contributed by atoms with Crippen LogP contribution in [-0.4, -0.2) is 48.4 Å². The highest BCUT2D eigenvalue weighted by Gasteiger charge is 2.29. The Kier molecular flexibility index (Phi) is 5.21. The molecule has 0 aromatic heterocycles. The summed E-state index contributed by atoms with van der Waals surface area (Å²) in [7, 11) is 0. The monoisotopic (exact) mass is 344 g/mol. The van der Waals surface area contributed by atoms with Crippen LogP contribution in [0.25, 0.3) is 0 Å². The SMILES string of the molecule is C[C@H]1C(=O)NCCN1C(=O)NCc1cccc(N2CCCCC2=O)c1. The lowest BCUT2D eigenvalue weighted by Gasteiger charge is -2.32. The summed E-state index contributed by atoms with van der Waals surface area (Å²) >= 11 is 0. The largest absolute Gasteiger partial charge is 0.353 e. The van der Waals surface area contributed by atoms with E-state index in [1.54, 1.807) is 6.92 Å². The molecule has 0 bridgehead atoms. The Bertz CT molecular complexity index is 676. The summed E-state index contributed by atoms with van der Waals surface area (Å²) in [5.41, 5.74) is 1.81. The van der Waals surface area contributed by atoms with E-state index in [-0.39, 0.29) is 17.8 Å². The summed E-state index contributed by atoms with van der Waals surface area (Å²) in [5, 5.41) is 5.60. The quantitative estimate of drug-likeness (QED) is 0.865. The molecule has 1 atom stereocenters. The summed E-state index contributed by atoms with van der Waals surface area (Å²) < 4.78 is 0. The molecule has 134 valence electrons. The second-order valence-corrected chi connectivity index (χ2v) is 6.49. The van der Waals surface area contributed by atoms with Gasteiger partial charge in [0.15, 0.2) is 0 Å². The minimum Gasteiger partial charge on any atom is -0.353 e. The average molecular weight is 344 g/mol. The van der Waals surface area contributed by atoms with Gasteiger partial charge in [-0.15, -0.1) is 0 Å². The van der Waals surface area contributed by atoms with Gasteiger partial charge >= 0.3 is 6.03 Å². The molecule has 2 heterocycles. The minimum atomic E-state index is -0.467. The van der Waals surface area contributed by atoms with Crippen LogP contribution in [0.3, 0.4) is 0 Å². The molecule has 7 heteroatoms. The third-order valence-electron chi connectivity index (χ3n) is 4.75. The first-order valence-electron chi connectivity index (χ1n) is 8.78. The number of piperidine rings is 1. The number of rotatable bonds is 3. The van der Waals surface area contributed by atoms with E-state index in [0.29, 0.717) is 26.1 Å². The molecule has 0 spiro atoms. The first-order valence-corrected chi connectivity index (χ1v) is 8.78. The molecule has 2 saturated heterocycles. The molecule has 0 saturated carbocycles. The van der Waals surface area contributed by atoms with Crippen molar-refractivity contribution in [3.8, 4) is 0 Å². The molecule has 7 nitrogen and oxygen atoms in total. The molecule has 0 unspecified atom stereocenters. The van der Waals surface area contributed by atoms with Gasteiger partial charge in [-0.05, 0) is 37.5 Å². The number of benzene rings is 1. The fourth-order valence-corrected chi connectivity index (χ4v) is 3.25. The van der Waals surface area contributed by atoms with Crippen LogP contribution in [0.15, 0.2) is 24.3 Å². The van der Waals surface area contributed by atoms with Gasteiger partial charge < -0.3 is 20.4 Å². The summed E-state index contributed by atoms with van der Waals surface area (Å²) in [6.07, 6.45) is 2.56. The summed E-state index contributed by atoms with van der Waals surface area (Å²) in [6, 6.07) is 6.97. The number of anilines is 1. The molecule has 2 aliphatic heterocycles. The van der Waals surface area contributed by atoms with Crippen molar-refractivity contribution in [3.63, 3.8) is 0 Å². The number of nitrogens with zero attached hydrogens (tertiary/aromatic N) is 2. The zero-order valence-electron chi connectivity index (χ0n) is 14.5. The first kappa shape index (κ1) is 17.3. The number of amides is 4. The van der Waals surface area contributed by atoms with Crippen molar-refractivity contribution >= 4 is 23.5 Å². The smallest absolute Gasteiger partial charge is 0.318 e. The van der Waals surface area contributed by atoms with E-state index in [2.05, 4.69) is 10.6 Å². The van der Waals surface area contributed by atoms with Crippen LogP contribution in [0, 0.1) is 0 Å². The highest BCUT2D eigenvalue weighted by Crippen LogP contribution is 2.22. The fourth-order valence-electron chi connectivity index (χ4n) is 3.25. The minimum absolute atomic E-state index is 0.132.